The van der Waals surface area contributed by atoms with E-state index in [4.69, 9.17) is 4.74 Å². The van der Waals surface area contributed by atoms with Crippen molar-refractivity contribution in [2.75, 3.05) is 6.61 Å². The van der Waals surface area contributed by atoms with Crippen LogP contribution in [0.15, 0.2) is 18.7 Å². The molecule has 0 spiro atoms. The Morgan fingerprint density at radius 1 is 1.47 bits per heavy atom. The zero-order valence-corrected chi connectivity index (χ0v) is 9.35. The summed E-state index contributed by atoms with van der Waals surface area (Å²) in [4.78, 5) is 15.4. The highest BCUT2D eigenvalue weighted by molar-refractivity contribution is 5.72. The highest BCUT2D eigenvalue weighted by atomic mass is 16.5. The molecule has 0 aliphatic heterocycles. The molecule has 84 valence electrons. The third-order valence-electron chi connectivity index (χ3n) is 2.47. The monoisotopic (exact) mass is 210 g/mol. The Balaban J connectivity index is 2.22. The van der Waals surface area contributed by atoms with Gasteiger partial charge in [0.2, 0.25) is 0 Å². The largest absolute Gasteiger partial charge is 0.464 e. The van der Waals surface area contributed by atoms with Gasteiger partial charge < -0.3 is 9.30 Å². The molecule has 0 fully saturated rings. The Morgan fingerprint density at radius 2 is 2.20 bits per heavy atom. The van der Waals surface area contributed by atoms with E-state index in [1.807, 2.05) is 24.6 Å². The van der Waals surface area contributed by atoms with Gasteiger partial charge in [0.15, 0.2) is 0 Å². The van der Waals surface area contributed by atoms with E-state index in [-0.39, 0.29) is 11.9 Å². The predicted octanol–water partition coefficient (Wildman–Crippen LogP) is 1.86. The number of ether oxygens (including phenoxy) is 1. The molecule has 0 saturated heterocycles. The Labute approximate surface area is 90.3 Å². The summed E-state index contributed by atoms with van der Waals surface area (Å²) in [6.45, 7) is 5.11. The molecule has 4 nitrogen and oxygen atoms in total. The second-order valence-corrected chi connectivity index (χ2v) is 3.48. The van der Waals surface area contributed by atoms with Gasteiger partial charge in [-0.3, -0.25) is 4.79 Å². The molecule has 1 rings (SSSR count). The van der Waals surface area contributed by atoms with Crippen LogP contribution in [-0.2, 0) is 16.1 Å². The van der Waals surface area contributed by atoms with Crippen molar-refractivity contribution in [2.45, 2.75) is 33.2 Å². The molecule has 0 aliphatic carbocycles. The van der Waals surface area contributed by atoms with Crippen molar-refractivity contribution in [3.05, 3.63) is 18.7 Å². The minimum atomic E-state index is -0.0832. The fourth-order valence-electron chi connectivity index (χ4n) is 1.41. The lowest BCUT2D eigenvalue weighted by atomic mass is 10.0. The van der Waals surface area contributed by atoms with E-state index < -0.39 is 0 Å². The maximum absolute atomic E-state index is 11.5. The summed E-state index contributed by atoms with van der Waals surface area (Å²) in [6, 6.07) is 0. The van der Waals surface area contributed by atoms with Gasteiger partial charge in [-0.1, -0.05) is 13.8 Å². The highest BCUT2D eigenvalue weighted by Crippen LogP contribution is 2.09. The molecule has 0 bridgehead atoms. The molecule has 1 heterocycles. The predicted molar refractivity (Wildman–Crippen MR) is 57.3 cm³/mol. The fourth-order valence-corrected chi connectivity index (χ4v) is 1.41. The summed E-state index contributed by atoms with van der Waals surface area (Å²) in [5, 5.41) is 0. The van der Waals surface area contributed by atoms with Crippen molar-refractivity contribution in [1.29, 1.82) is 0 Å². The van der Waals surface area contributed by atoms with Crippen LogP contribution in [0.3, 0.4) is 0 Å². The third-order valence-corrected chi connectivity index (χ3v) is 2.47. The lowest BCUT2D eigenvalue weighted by molar-refractivity contribution is -0.149. The molecule has 0 N–H and O–H groups in total. The van der Waals surface area contributed by atoms with Crippen molar-refractivity contribution in [3.8, 4) is 0 Å². The maximum Gasteiger partial charge on any atom is 0.308 e. The van der Waals surface area contributed by atoms with E-state index in [0.29, 0.717) is 13.2 Å². The van der Waals surface area contributed by atoms with Gasteiger partial charge >= 0.3 is 5.97 Å². The number of imidazole rings is 1. The average Bonchev–Trinajstić information content (AvgIpc) is 2.72. The molecule has 4 heteroatoms. The molecule has 1 aromatic heterocycles. The number of rotatable bonds is 6. The summed E-state index contributed by atoms with van der Waals surface area (Å²) >= 11 is 0. The maximum atomic E-state index is 11.5. The summed E-state index contributed by atoms with van der Waals surface area (Å²) in [7, 11) is 0. The molecular formula is C11H18N2O2. The molecule has 0 atom stereocenters. The van der Waals surface area contributed by atoms with Crippen LogP contribution in [0, 0.1) is 5.92 Å². The minimum Gasteiger partial charge on any atom is -0.464 e. The van der Waals surface area contributed by atoms with Crippen molar-refractivity contribution >= 4 is 5.97 Å². The van der Waals surface area contributed by atoms with Crippen LogP contribution in [0.4, 0.5) is 0 Å². The molecular weight excluding hydrogens is 192 g/mol. The van der Waals surface area contributed by atoms with Gasteiger partial charge in [-0.2, -0.15) is 0 Å². The number of carbonyl (C=O) groups is 1. The van der Waals surface area contributed by atoms with Gasteiger partial charge in [-0.25, -0.2) is 4.98 Å². The number of aromatic nitrogens is 2. The first-order valence-corrected chi connectivity index (χ1v) is 5.40. The van der Waals surface area contributed by atoms with Gasteiger partial charge in [-0.05, 0) is 12.8 Å². The number of hydrogen-bond donors (Lipinski definition) is 0. The smallest absolute Gasteiger partial charge is 0.308 e. The van der Waals surface area contributed by atoms with Crippen molar-refractivity contribution in [2.24, 2.45) is 5.92 Å². The van der Waals surface area contributed by atoms with Crippen molar-refractivity contribution in [3.63, 3.8) is 0 Å². The Morgan fingerprint density at radius 3 is 2.73 bits per heavy atom. The van der Waals surface area contributed by atoms with E-state index in [9.17, 15) is 4.79 Å². The normalized spacial score (nSPS) is 10.6. The molecule has 0 aromatic carbocycles. The number of nitrogens with zero attached hydrogens (tertiary/aromatic N) is 2. The zero-order valence-electron chi connectivity index (χ0n) is 9.35. The number of hydrogen-bond acceptors (Lipinski definition) is 3. The van der Waals surface area contributed by atoms with Crippen molar-refractivity contribution < 1.29 is 9.53 Å². The molecule has 1 aromatic rings. The minimum absolute atomic E-state index is 0.0489. The van der Waals surface area contributed by atoms with E-state index in [1.54, 1.807) is 12.5 Å². The van der Waals surface area contributed by atoms with Gasteiger partial charge in [0.05, 0.1) is 18.8 Å². The molecule has 0 amide bonds. The van der Waals surface area contributed by atoms with Crippen LogP contribution in [0.2, 0.25) is 0 Å². The van der Waals surface area contributed by atoms with Crippen molar-refractivity contribution in [1.82, 2.24) is 9.55 Å². The van der Waals surface area contributed by atoms with E-state index in [0.717, 1.165) is 12.8 Å². The van der Waals surface area contributed by atoms with E-state index in [2.05, 4.69) is 4.98 Å². The zero-order chi connectivity index (χ0) is 11.1. The van der Waals surface area contributed by atoms with Crippen LogP contribution in [-0.4, -0.2) is 22.1 Å². The Bertz CT molecular complexity index is 279. The van der Waals surface area contributed by atoms with Crippen LogP contribution < -0.4 is 0 Å². The topological polar surface area (TPSA) is 44.1 Å². The first-order valence-electron chi connectivity index (χ1n) is 5.40. The van der Waals surface area contributed by atoms with Gasteiger partial charge in [0.1, 0.15) is 6.61 Å². The summed E-state index contributed by atoms with van der Waals surface area (Å²) in [5.74, 6) is -0.0343. The Kier molecular flexibility index (Phi) is 4.87. The summed E-state index contributed by atoms with van der Waals surface area (Å²) < 4.78 is 7.06. The molecule has 0 unspecified atom stereocenters. The first kappa shape index (κ1) is 11.8. The molecule has 0 saturated carbocycles. The summed E-state index contributed by atoms with van der Waals surface area (Å²) in [6.07, 6.45) is 6.97. The Hall–Kier alpha value is -1.32. The van der Waals surface area contributed by atoms with Gasteiger partial charge in [0, 0.05) is 12.4 Å². The lowest BCUT2D eigenvalue weighted by Gasteiger charge is -2.11. The van der Waals surface area contributed by atoms with Gasteiger partial charge in [-0.15, -0.1) is 0 Å². The summed E-state index contributed by atoms with van der Waals surface area (Å²) in [5.41, 5.74) is 0. The number of carbonyl (C=O) groups excluding carboxylic acids is 1. The van der Waals surface area contributed by atoms with Crippen LogP contribution in [0.5, 0.6) is 0 Å². The van der Waals surface area contributed by atoms with E-state index in [1.165, 1.54) is 0 Å². The molecule has 0 radical (unpaired) electrons. The first-order chi connectivity index (χ1) is 7.27. The van der Waals surface area contributed by atoms with Crippen LogP contribution in [0.25, 0.3) is 0 Å². The molecule has 15 heavy (non-hydrogen) atoms. The van der Waals surface area contributed by atoms with Crippen LogP contribution in [0.1, 0.15) is 26.7 Å². The highest BCUT2D eigenvalue weighted by Gasteiger charge is 2.14. The second kappa shape index (κ2) is 6.22. The SMILES string of the molecule is CCC(CC)C(=O)OCCn1ccnc1. The lowest BCUT2D eigenvalue weighted by Crippen LogP contribution is -2.18. The van der Waals surface area contributed by atoms with Crippen LogP contribution >= 0.6 is 0 Å². The fraction of sp³-hybridized carbons (Fsp3) is 0.636. The number of esters is 1. The second-order valence-electron chi connectivity index (χ2n) is 3.48. The average molecular weight is 210 g/mol. The molecule has 0 aliphatic rings. The standard InChI is InChI=1S/C11H18N2O2/c1-3-10(4-2)11(14)15-8-7-13-6-5-12-9-13/h5-6,9-10H,3-4,7-8H2,1-2H3. The van der Waals surface area contributed by atoms with Gasteiger partial charge in [0.25, 0.3) is 0 Å². The quantitative estimate of drug-likeness (QED) is 0.673. The third kappa shape index (κ3) is 3.73. The van der Waals surface area contributed by atoms with E-state index >= 15 is 0 Å².